The molecule has 17 heteroatoms. The number of aromatic nitrogens is 4. The molecule has 354 valence electrons. The third kappa shape index (κ3) is 12.7. The number of fused-ring (bicyclic) bond motifs is 3. The topological polar surface area (TPSA) is 212 Å². The number of likely N-dealkylation sites (tertiary alicyclic amines) is 1. The van der Waals surface area contributed by atoms with Gasteiger partial charge in [-0.3, -0.25) is 24.4 Å². The number of pyridine rings is 3. The van der Waals surface area contributed by atoms with E-state index in [1.165, 1.54) is 12.7 Å². The molecule has 5 aromatic heterocycles. The van der Waals surface area contributed by atoms with Crippen molar-refractivity contribution < 1.29 is 37.7 Å². The zero-order chi connectivity index (χ0) is 45.5. The minimum Gasteiger partial charge on any atom is -0.468 e. The quantitative estimate of drug-likeness (QED) is 0.0646. The first kappa shape index (κ1) is 47.0. The van der Waals surface area contributed by atoms with Gasteiger partial charge in [-0.15, -0.1) is 0 Å². The summed E-state index contributed by atoms with van der Waals surface area (Å²) in [6, 6.07) is 11.1. The molecule has 3 amide bonds. The van der Waals surface area contributed by atoms with E-state index in [2.05, 4.69) is 42.6 Å². The Hall–Kier alpha value is -5.46. The van der Waals surface area contributed by atoms with E-state index in [-0.39, 0.29) is 55.7 Å². The molecule has 8 rings (SSSR count). The lowest BCUT2D eigenvalue weighted by molar-refractivity contribution is -0.139. The Labute approximate surface area is 385 Å². The van der Waals surface area contributed by atoms with Crippen LogP contribution in [0.25, 0.3) is 21.9 Å². The second kappa shape index (κ2) is 23.8. The number of piperidine rings is 1. The molecule has 66 heavy (non-hydrogen) atoms. The van der Waals surface area contributed by atoms with Gasteiger partial charge in [0.2, 0.25) is 17.7 Å². The number of rotatable bonds is 23. The predicted octanol–water partition coefficient (Wildman–Crippen LogP) is 4.87. The highest BCUT2D eigenvalue weighted by atomic mass is 16.6. The fourth-order valence-electron chi connectivity index (χ4n) is 9.70. The number of nitrogens with two attached hydrogens (primary N) is 1. The molecule has 3 aliphatic rings. The van der Waals surface area contributed by atoms with Crippen LogP contribution in [-0.2, 0) is 39.8 Å². The highest BCUT2D eigenvalue weighted by Crippen LogP contribution is 2.38. The van der Waals surface area contributed by atoms with Gasteiger partial charge in [-0.25, -0.2) is 4.98 Å². The second-order valence-corrected chi connectivity index (χ2v) is 17.7. The van der Waals surface area contributed by atoms with Gasteiger partial charge in [0.15, 0.2) is 0 Å². The summed E-state index contributed by atoms with van der Waals surface area (Å²) >= 11 is 0. The predicted molar refractivity (Wildman–Crippen MR) is 248 cm³/mol. The summed E-state index contributed by atoms with van der Waals surface area (Å²) in [5.41, 5.74) is 9.12. The molecule has 2 aliphatic heterocycles. The summed E-state index contributed by atoms with van der Waals surface area (Å²) in [5.74, 6) is 1.31. The van der Waals surface area contributed by atoms with E-state index in [9.17, 15) is 14.4 Å². The third-order valence-corrected chi connectivity index (χ3v) is 13.3. The van der Waals surface area contributed by atoms with Crippen molar-refractivity contribution in [2.45, 2.75) is 88.4 Å². The monoisotopic (exact) mass is 907 g/mol. The molecule has 3 fully saturated rings. The normalized spacial score (nSPS) is 19.3. The van der Waals surface area contributed by atoms with Gasteiger partial charge in [0.05, 0.1) is 70.2 Å². The summed E-state index contributed by atoms with van der Waals surface area (Å²) in [6.07, 6.45) is 17.2. The molecule has 0 radical (unpaired) electrons. The average Bonchev–Trinajstić information content (AvgIpc) is 4.14. The van der Waals surface area contributed by atoms with Crippen LogP contribution in [0.2, 0.25) is 0 Å². The molecular weight excluding hydrogens is 843 g/mol. The molecule has 7 heterocycles. The SMILES string of the molecule is N[C@@H](CC(=O)N1C[C@H](C2CCCCC2)C[C@H]1C(=O)N[C@@H](Cc1ccncc1)C(=O)NCCOCCOCCOCCOC1CCN(c2ccc3c(n2)[nH]c2ccncc23)CC1)c1ccco1. The number of ether oxygens (including phenoxy) is 4. The Kier molecular flexibility index (Phi) is 17.0. The van der Waals surface area contributed by atoms with Crippen molar-refractivity contribution in [2.75, 3.05) is 77.3 Å². The summed E-state index contributed by atoms with van der Waals surface area (Å²) in [7, 11) is 0. The number of hydrogen-bond acceptors (Lipinski definition) is 13. The summed E-state index contributed by atoms with van der Waals surface area (Å²) < 4.78 is 28.7. The first-order valence-electron chi connectivity index (χ1n) is 23.8. The van der Waals surface area contributed by atoms with Crippen LogP contribution in [-0.4, -0.2) is 133 Å². The third-order valence-electron chi connectivity index (χ3n) is 13.3. The first-order valence-corrected chi connectivity index (χ1v) is 23.8. The number of nitrogens with zero attached hydrogens (tertiary/aromatic N) is 5. The second-order valence-electron chi connectivity index (χ2n) is 17.7. The highest BCUT2D eigenvalue weighted by Gasteiger charge is 2.43. The first-order chi connectivity index (χ1) is 32.4. The lowest BCUT2D eigenvalue weighted by Crippen LogP contribution is -2.54. The molecule has 0 unspecified atom stereocenters. The van der Waals surface area contributed by atoms with E-state index in [0.717, 1.165) is 84.9 Å². The average molecular weight is 908 g/mol. The van der Waals surface area contributed by atoms with Crippen LogP contribution in [0.15, 0.2) is 77.9 Å². The lowest BCUT2D eigenvalue weighted by Gasteiger charge is -2.32. The van der Waals surface area contributed by atoms with Crippen LogP contribution < -0.4 is 21.3 Å². The van der Waals surface area contributed by atoms with E-state index in [1.807, 2.05) is 24.4 Å². The molecule has 1 saturated carbocycles. The minimum absolute atomic E-state index is 0.0226. The Morgan fingerprint density at radius 3 is 2.33 bits per heavy atom. The van der Waals surface area contributed by atoms with Gasteiger partial charge in [0, 0.05) is 74.6 Å². The van der Waals surface area contributed by atoms with Crippen molar-refractivity contribution in [1.29, 1.82) is 0 Å². The van der Waals surface area contributed by atoms with Crippen molar-refractivity contribution in [1.82, 2.24) is 35.5 Å². The summed E-state index contributed by atoms with van der Waals surface area (Å²) in [5, 5.41) is 8.11. The maximum Gasteiger partial charge on any atom is 0.243 e. The molecule has 1 aliphatic carbocycles. The Balaban J connectivity index is 0.701. The Morgan fingerprint density at radius 1 is 0.833 bits per heavy atom. The fraction of sp³-hybridized carbons (Fsp3) is 0.551. The number of H-pyrrole nitrogens is 1. The molecule has 0 spiro atoms. The van der Waals surface area contributed by atoms with Gasteiger partial charge >= 0.3 is 0 Å². The molecule has 0 aromatic carbocycles. The molecule has 5 aromatic rings. The van der Waals surface area contributed by atoms with Crippen molar-refractivity contribution in [3.8, 4) is 0 Å². The van der Waals surface area contributed by atoms with Crippen molar-refractivity contribution in [3.63, 3.8) is 0 Å². The Morgan fingerprint density at radius 2 is 1.58 bits per heavy atom. The number of hydrogen-bond donors (Lipinski definition) is 4. The van der Waals surface area contributed by atoms with Gasteiger partial charge in [-0.2, -0.15) is 0 Å². The number of carbonyl (C=O) groups excluding carboxylic acids is 3. The van der Waals surface area contributed by atoms with Gasteiger partial charge in [0.25, 0.3) is 0 Å². The zero-order valence-electron chi connectivity index (χ0n) is 37.8. The molecule has 5 N–H and O–H groups in total. The minimum atomic E-state index is -0.869. The number of furan rings is 1. The lowest BCUT2D eigenvalue weighted by atomic mass is 9.79. The maximum absolute atomic E-state index is 14.1. The standard InChI is InChI=1S/C49H65N9O8/c50-40(44-7-4-21-66-44)31-46(59)58-33-36(35-5-2-1-3-6-35)30-43(58)49(61)55-42(29-34-10-15-51-16-11-34)48(60)53-18-22-62-23-24-63-25-26-64-27-28-65-37-13-19-57(20-14-37)45-9-8-38-39-32-52-17-12-41(39)54-47(38)56-45/h4,7-12,15-17,21,32,35-37,40,42-43H,1-3,5-6,13-14,18-20,22-31,33,50H2,(H,53,60)(H,54,56)(H,55,61)/t36-,40+,42+,43+/m1/s1. The van der Waals surface area contributed by atoms with Gasteiger partial charge in [0.1, 0.15) is 29.3 Å². The largest absolute Gasteiger partial charge is 0.468 e. The van der Waals surface area contributed by atoms with Crippen molar-refractivity contribution in [3.05, 3.63) is 84.8 Å². The number of aromatic amines is 1. The molecule has 4 atom stereocenters. The summed E-state index contributed by atoms with van der Waals surface area (Å²) in [4.78, 5) is 62.2. The number of carbonyl (C=O) groups is 3. The van der Waals surface area contributed by atoms with E-state index < -0.39 is 18.1 Å². The van der Waals surface area contributed by atoms with Gasteiger partial charge < -0.3 is 54.5 Å². The van der Waals surface area contributed by atoms with Crippen LogP contribution in [0.1, 0.15) is 75.2 Å². The highest BCUT2D eigenvalue weighted by molar-refractivity contribution is 6.05. The molecule has 0 bridgehead atoms. The smallest absolute Gasteiger partial charge is 0.243 e. The summed E-state index contributed by atoms with van der Waals surface area (Å²) in [6.45, 7) is 5.44. The number of amides is 3. The molecule has 17 nitrogen and oxygen atoms in total. The maximum atomic E-state index is 14.1. The van der Waals surface area contributed by atoms with Crippen LogP contribution in [0.3, 0.4) is 0 Å². The number of nitrogens with one attached hydrogen (secondary N) is 3. The van der Waals surface area contributed by atoms with Crippen LogP contribution >= 0.6 is 0 Å². The number of anilines is 1. The molecule has 2 saturated heterocycles. The molecular formula is C49H65N9O8. The van der Waals surface area contributed by atoms with E-state index in [4.69, 9.17) is 34.1 Å². The van der Waals surface area contributed by atoms with E-state index in [1.54, 1.807) is 35.6 Å². The van der Waals surface area contributed by atoms with Crippen LogP contribution in [0, 0.1) is 11.8 Å². The Bertz CT molecular complexity index is 2280. The fourth-order valence-corrected chi connectivity index (χ4v) is 9.70. The van der Waals surface area contributed by atoms with Gasteiger partial charge in [-0.05, 0) is 79.1 Å². The van der Waals surface area contributed by atoms with E-state index in [0.29, 0.717) is 64.3 Å². The zero-order valence-corrected chi connectivity index (χ0v) is 37.8. The van der Waals surface area contributed by atoms with Crippen LogP contribution in [0.5, 0.6) is 0 Å². The van der Waals surface area contributed by atoms with Crippen LogP contribution in [0.4, 0.5) is 5.82 Å². The van der Waals surface area contributed by atoms with Crippen molar-refractivity contribution in [2.24, 2.45) is 17.6 Å². The van der Waals surface area contributed by atoms with Gasteiger partial charge in [-0.1, -0.05) is 32.1 Å². The van der Waals surface area contributed by atoms with E-state index >= 15 is 0 Å². The van der Waals surface area contributed by atoms with Crippen molar-refractivity contribution >= 4 is 45.5 Å².